The van der Waals surface area contributed by atoms with Crippen LogP contribution >= 0.6 is 11.8 Å². The predicted octanol–water partition coefficient (Wildman–Crippen LogP) is 4.68. The van der Waals surface area contributed by atoms with Gasteiger partial charge in [-0.2, -0.15) is 8.78 Å². The lowest BCUT2D eigenvalue weighted by atomic mass is 10.1. The summed E-state index contributed by atoms with van der Waals surface area (Å²) in [5.41, 5.74) is -0.276. The number of carbonyl (C=O) groups excluding carboxylic acids is 1. The van der Waals surface area contributed by atoms with Gasteiger partial charge in [-0.25, -0.2) is 8.78 Å². The topological polar surface area (TPSA) is 26.3 Å². The second kappa shape index (κ2) is 7.04. The van der Waals surface area contributed by atoms with Crippen LogP contribution in [0.3, 0.4) is 0 Å². The standard InChI is InChI=1S/C16H12F4O2S/c1-22-12-5-2-10(3-6-12)9-23-16(19,20)15(21)13-7-4-11(17)8-14(13)18/h2-8H,9H2,1H3. The monoisotopic (exact) mass is 344 g/mol. The molecule has 2 rings (SSSR count). The second-order valence-corrected chi connectivity index (χ2v) is 5.70. The number of methoxy groups -OCH3 is 1. The molecule has 0 bridgehead atoms. The van der Waals surface area contributed by atoms with Crippen molar-refractivity contribution in [2.24, 2.45) is 0 Å². The summed E-state index contributed by atoms with van der Waals surface area (Å²) >= 11 is 0.0770. The molecule has 0 amide bonds. The number of halogens is 4. The smallest absolute Gasteiger partial charge is 0.356 e. The van der Waals surface area contributed by atoms with E-state index in [9.17, 15) is 22.4 Å². The first-order valence-corrected chi connectivity index (χ1v) is 7.46. The molecule has 0 aliphatic heterocycles. The Labute approximate surface area is 134 Å². The Morgan fingerprint density at radius 1 is 1.13 bits per heavy atom. The van der Waals surface area contributed by atoms with Crippen LogP contribution in [0.25, 0.3) is 0 Å². The van der Waals surface area contributed by atoms with E-state index in [0.29, 0.717) is 17.4 Å². The zero-order chi connectivity index (χ0) is 17.0. The summed E-state index contributed by atoms with van der Waals surface area (Å²) < 4.78 is 59.1. The molecule has 2 aromatic carbocycles. The first-order valence-electron chi connectivity index (χ1n) is 6.48. The van der Waals surface area contributed by atoms with Crippen molar-refractivity contribution in [3.05, 3.63) is 65.2 Å². The molecule has 0 aliphatic rings. The van der Waals surface area contributed by atoms with Crippen molar-refractivity contribution in [1.82, 2.24) is 0 Å². The van der Waals surface area contributed by atoms with Gasteiger partial charge < -0.3 is 4.74 Å². The van der Waals surface area contributed by atoms with Crippen LogP contribution in [-0.4, -0.2) is 18.1 Å². The molecule has 0 fully saturated rings. The molecule has 0 N–H and O–H groups in total. The third kappa shape index (κ3) is 4.25. The van der Waals surface area contributed by atoms with E-state index in [-0.39, 0.29) is 17.5 Å². The second-order valence-electron chi connectivity index (χ2n) is 4.61. The van der Waals surface area contributed by atoms with Gasteiger partial charge in [0.05, 0.1) is 12.7 Å². The minimum absolute atomic E-state index is 0.0770. The molecule has 0 saturated carbocycles. The molecule has 2 aromatic rings. The van der Waals surface area contributed by atoms with E-state index >= 15 is 0 Å². The maximum absolute atomic E-state index is 13.9. The number of hydrogen-bond donors (Lipinski definition) is 0. The first-order chi connectivity index (χ1) is 10.8. The SMILES string of the molecule is COc1ccc(CSC(F)(F)C(=O)c2ccc(F)cc2F)cc1. The highest BCUT2D eigenvalue weighted by Crippen LogP contribution is 2.36. The quantitative estimate of drug-likeness (QED) is 0.562. The van der Waals surface area contributed by atoms with Crippen LogP contribution in [0.15, 0.2) is 42.5 Å². The summed E-state index contributed by atoms with van der Waals surface area (Å²) in [6.45, 7) is 0. The molecular weight excluding hydrogens is 332 g/mol. The number of thioether (sulfide) groups is 1. The summed E-state index contributed by atoms with van der Waals surface area (Å²) in [5, 5.41) is -3.82. The lowest BCUT2D eigenvalue weighted by Crippen LogP contribution is -2.26. The maximum atomic E-state index is 13.9. The Morgan fingerprint density at radius 2 is 1.78 bits per heavy atom. The van der Waals surface area contributed by atoms with Crippen molar-refractivity contribution in [2.75, 3.05) is 7.11 Å². The van der Waals surface area contributed by atoms with E-state index in [1.165, 1.54) is 7.11 Å². The third-order valence-corrected chi connectivity index (χ3v) is 4.04. The van der Waals surface area contributed by atoms with Crippen LogP contribution in [0, 0.1) is 11.6 Å². The molecule has 0 unspecified atom stereocenters. The fourth-order valence-electron chi connectivity index (χ4n) is 1.79. The number of ketones is 1. The number of benzene rings is 2. The Bertz CT molecular complexity index is 702. The molecule has 2 nitrogen and oxygen atoms in total. The van der Waals surface area contributed by atoms with Crippen LogP contribution in [0.2, 0.25) is 0 Å². The molecule has 0 heterocycles. The van der Waals surface area contributed by atoms with E-state index in [1.807, 2.05) is 0 Å². The number of hydrogen-bond acceptors (Lipinski definition) is 3. The summed E-state index contributed by atoms with van der Waals surface area (Å²) in [6, 6.07) is 8.27. The van der Waals surface area contributed by atoms with Crippen LogP contribution in [-0.2, 0) is 5.75 Å². The van der Waals surface area contributed by atoms with Crippen LogP contribution < -0.4 is 4.74 Å². The Morgan fingerprint density at radius 3 is 2.35 bits per heavy atom. The Balaban J connectivity index is 2.09. The number of Topliss-reactive ketones (excluding diaryl/α,β-unsaturated/α-hetero) is 1. The van der Waals surface area contributed by atoms with Crippen molar-refractivity contribution in [2.45, 2.75) is 11.0 Å². The number of ether oxygens (including phenoxy) is 1. The van der Waals surface area contributed by atoms with Gasteiger partial charge in [-0.1, -0.05) is 23.9 Å². The summed E-state index contributed by atoms with van der Waals surface area (Å²) in [7, 11) is 1.48. The van der Waals surface area contributed by atoms with E-state index in [0.717, 1.165) is 12.1 Å². The van der Waals surface area contributed by atoms with Crippen LogP contribution in [0.5, 0.6) is 5.75 Å². The van der Waals surface area contributed by atoms with Gasteiger partial charge in [0.25, 0.3) is 0 Å². The van der Waals surface area contributed by atoms with Gasteiger partial charge >= 0.3 is 5.25 Å². The third-order valence-electron chi connectivity index (χ3n) is 3.02. The fourth-order valence-corrected chi connectivity index (χ4v) is 2.57. The average Bonchev–Trinajstić information content (AvgIpc) is 2.53. The minimum atomic E-state index is -3.82. The van der Waals surface area contributed by atoms with Gasteiger partial charge in [0.2, 0.25) is 5.78 Å². The zero-order valence-corrected chi connectivity index (χ0v) is 12.8. The molecule has 23 heavy (non-hydrogen) atoms. The van der Waals surface area contributed by atoms with E-state index < -0.39 is 28.2 Å². The highest BCUT2D eigenvalue weighted by molar-refractivity contribution is 8.00. The minimum Gasteiger partial charge on any atom is -0.497 e. The lowest BCUT2D eigenvalue weighted by molar-refractivity contribution is 0.0561. The predicted molar refractivity (Wildman–Crippen MR) is 79.9 cm³/mol. The van der Waals surface area contributed by atoms with Crippen LogP contribution in [0.1, 0.15) is 15.9 Å². The van der Waals surface area contributed by atoms with E-state index in [1.54, 1.807) is 24.3 Å². The lowest BCUT2D eigenvalue weighted by Gasteiger charge is -2.15. The normalized spacial score (nSPS) is 11.3. The van der Waals surface area contributed by atoms with E-state index in [2.05, 4.69) is 0 Å². The van der Waals surface area contributed by atoms with Crippen LogP contribution in [0.4, 0.5) is 17.6 Å². The van der Waals surface area contributed by atoms with Gasteiger partial charge in [0, 0.05) is 11.8 Å². The maximum Gasteiger partial charge on any atom is 0.356 e. The molecule has 122 valence electrons. The highest BCUT2D eigenvalue weighted by atomic mass is 32.2. The summed E-state index contributed by atoms with van der Waals surface area (Å²) in [4.78, 5) is 11.8. The average molecular weight is 344 g/mol. The van der Waals surface area contributed by atoms with Crippen molar-refractivity contribution in [3.8, 4) is 5.75 Å². The molecular formula is C16H12F4O2S. The van der Waals surface area contributed by atoms with Gasteiger partial charge in [-0.15, -0.1) is 0 Å². The molecule has 0 radical (unpaired) electrons. The zero-order valence-electron chi connectivity index (χ0n) is 12.0. The van der Waals surface area contributed by atoms with Gasteiger partial charge in [0.1, 0.15) is 17.4 Å². The highest BCUT2D eigenvalue weighted by Gasteiger charge is 2.41. The largest absolute Gasteiger partial charge is 0.497 e. The molecule has 0 spiro atoms. The molecule has 0 aromatic heterocycles. The molecule has 0 saturated heterocycles. The fraction of sp³-hybridized carbons (Fsp3) is 0.188. The van der Waals surface area contributed by atoms with Crippen molar-refractivity contribution < 1.29 is 27.1 Å². The van der Waals surface area contributed by atoms with E-state index in [4.69, 9.17) is 4.74 Å². The van der Waals surface area contributed by atoms with Gasteiger partial charge in [0.15, 0.2) is 0 Å². The van der Waals surface area contributed by atoms with Crippen molar-refractivity contribution >= 4 is 17.5 Å². The first kappa shape index (κ1) is 17.3. The number of alkyl halides is 2. The Kier molecular flexibility index (Phi) is 5.30. The molecule has 7 heteroatoms. The summed E-state index contributed by atoms with van der Waals surface area (Å²) in [5.74, 6) is -3.50. The molecule has 0 atom stereocenters. The van der Waals surface area contributed by atoms with Gasteiger partial charge in [-0.05, 0) is 29.8 Å². The summed E-state index contributed by atoms with van der Waals surface area (Å²) in [6.07, 6.45) is 0. The van der Waals surface area contributed by atoms with Gasteiger partial charge in [-0.3, -0.25) is 4.79 Å². The Hall–Kier alpha value is -2.02. The molecule has 0 aliphatic carbocycles. The van der Waals surface area contributed by atoms with Crippen molar-refractivity contribution in [3.63, 3.8) is 0 Å². The number of carbonyl (C=O) groups is 1. The number of rotatable bonds is 6. The van der Waals surface area contributed by atoms with Crippen molar-refractivity contribution in [1.29, 1.82) is 0 Å².